The van der Waals surface area contributed by atoms with Gasteiger partial charge in [-0.3, -0.25) is 4.90 Å². The first-order valence-electron chi connectivity index (χ1n) is 10.7. The van der Waals surface area contributed by atoms with Crippen LogP contribution in [0.4, 0.5) is 0 Å². The highest BCUT2D eigenvalue weighted by Gasteiger charge is 2.36. The van der Waals surface area contributed by atoms with Crippen LogP contribution in [0.1, 0.15) is 55.4 Å². The summed E-state index contributed by atoms with van der Waals surface area (Å²) < 4.78 is 5.92. The van der Waals surface area contributed by atoms with E-state index < -0.39 is 0 Å². The lowest BCUT2D eigenvalue weighted by atomic mass is 9.95. The van der Waals surface area contributed by atoms with Crippen LogP contribution in [-0.2, 0) is 13.0 Å². The Balaban J connectivity index is 1.16. The molecule has 3 saturated heterocycles. The van der Waals surface area contributed by atoms with E-state index in [2.05, 4.69) is 50.3 Å². The molecular formula is C22H30N4O. The summed E-state index contributed by atoms with van der Waals surface area (Å²) in [5, 5.41) is 8.58. The Labute approximate surface area is 161 Å². The molecule has 1 aliphatic carbocycles. The number of nitrogens with zero attached hydrogens (tertiary/aromatic N) is 4. The third-order valence-corrected chi connectivity index (χ3v) is 6.43. The maximum atomic E-state index is 5.92. The first-order valence-corrected chi connectivity index (χ1v) is 10.7. The first kappa shape index (κ1) is 17.4. The van der Waals surface area contributed by atoms with Crippen molar-refractivity contribution in [3.63, 3.8) is 0 Å². The molecule has 2 bridgehead atoms. The van der Waals surface area contributed by atoms with Gasteiger partial charge in [0.1, 0.15) is 0 Å². The average Bonchev–Trinajstić information content (AvgIpc) is 3.48. The fraction of sp³-hybridized carbons (Fsp3) is 0.636. The highest BCUT2D eigenvalue weighted by Crippen LogP contribution is 2.39. The second-order valence-electron chi connectivity index (χ2n) is 8.68. The quantitative estimate of drug-likeness (QED) is 0.751. The van der Waals surface area contributed by atoms with Gasteiger partial charge in [-0.1, -0.05) is 30.3 Å². The minimum atomic E-state index is 0.548. The second kappa shape index (κ2) is 7.72. The highest BCUT2D eigenvalue weighted by molar-refractivity contribution is 5.14. The zero-order valence-corrected chi connectivity index (χ0v) is 16.1. The number of aromatic nitrogens is 2. The number of hydrogen-bond donors (Lipinski definition) is 0. The van der Waals surface area contributed by atoms with Crippen LogP contribution in [0.2, 0.25) is 0 Å². The third kappa shape index (κ3) is 4.25. The van der Waals surface area contributed by atoms with Crippen LogP contribution in [0.5, 0.6) is 0 Å². The van der Waals surface area contributed by atoms with Crippen molar-refractivity contribution in [3.05, 3.63) is 47.7 Å². The molecule has 144 valence electrons. The van der Waals surface area contributed by atoms with Gasteiger partial charge in [0.2, 0.25) is 11.8 Å². The fourth-order valence-electron chi connectivity index (χ4n) is 4.80. The molecule has 3 aliphatic heterocycles. The van der Waals surface area contributed by atoms with Crippen LogP contribution < -0.4 is 0 Å². The van der Waals surface area contributed by atoms with Gasteiger partial charge >= 0.3 is 0 Å². The van der Waals surface area contributed by atoms with Crippen LogP contribution in [0.15, 0.2) is 34.7 Å². The third-order valence-electron chi connectivity index (χ3n) is 6.43. The molecule has 1 saturated carbocycles. The summed E-state index contributed by atoms with van der Waals surface area (Å²) >= 11 is 0. The smallest absolute Gasteiger partial charge is 0.230 e. The van der Waals surface area contributed by atoms with Gasteiger partial charge in [-0.2, -0.15) is 0 Å². The molecule has 1 aromatic heterocycles. The summed E-state index contributed by atoms with van der Waals surface area (Å²) in [6.07, 6.45) is 7.54. The molecule has 0 radical (unpaired) electrons. The SMILES string of the molecule is c1ccc(CCCN2C[C@@H]3CC[C@H](C2)N(Cc2nnc(C4CC4)o2)C3)cc1. The molecule has 5 nitrogen and oxygen atoms in total. The van der Waals surface area contributed by atoms with E-state index in [9.17, 15) is 0 Å². The number of rotatable bonds is 7. The molecule has 0 unspecified atom stereocenters. The zero-order valence-electron chi connectivity index (χ0n) is 16.1. The van der Waals surface area contributed by atoms with Gasteiger partial charge in [0.05, 0.1) is 6.54 Å². The molecule has 0 spiro atoms. The molecule has 4 heterocycles. The van der Waals surface area contributed by atoms with Gasteiger partial charge in [0, 0.05) is 31.6 Å². The van der Waals surface area contributed by atoms with Crippen LogP contribution in [-0.4, -0.2) is 52.2 Å². The maximum absolute atomic E-state index is 5.92. The molecule has 2 aromatic rings. The van der Waals surface area contributed by atoms with Gasteiger partial charge in [-0.25, -0.2) is 0 Å². The minimum Gasteiger partial charge on any atom is -0.424 e. The first-order chi connectivity index (χ1) is 13.3. The van der Waals surface area contributed by atoms with Crippen molar-refractivity contribution >= 4 is 0 Å². The summed E-state index contributed by atoms with van der Waals surface area (Å²) in [5.41, 5.74) is 1.46. The van der Waals surface area contributed by atoms with Crippen molar-refractivity contribution in [2.75, 3.05) is 26.2 Å². The summed E-state index contributed by atoms with van der Waals surface area (Å²) in [7, 11) is 0. The number of aryl methyl sites for hydroxylation is 1. The van der Waals surface area contributed by atoms with Crippen molar-refractivity contribution in [1.82, 2.24) is 20.0 Å². The van der Waals surface area contributed by atoms with Crippen LogP contribution in [0.3, 0.4) is 0 Å². The van der Waals surface area contributed by atoms with Crippen LogP contribution in [0, 0.1) is 5.92 Å². The Hall–Kier alpha value is -1.72. The number of piperidine rings is 1. The van der Waals surface area contributed by atoms with Gasteiger partial charge in [0.25, 0.3) is 0 Å². The zero-order chi connectivity index (χ0) is 18.1. The molecule has 0 amide bonds. The number of benzene rings is 1. The Morgan fingerprint density at radius 3 is 2.70 bits per heavy atom. The molecule has 4 fully saturated rings. The Morgan fingerprint density at radius 1 is 0.963 bits per heavy atom. The summed E-state index contributed by atoms with van der Waals surface area (Å²) in [5.74, 6) is 3.02. The van der Waals surface area contributed by atoms with Crippen molar-refractivity contribution in [2.24, 2.45) is 5.92 Å². The lowest BCUT2D eigenvalue weighted by Gasteiger charge is -2.35. The van der Waals surface area contributed by atoms with Gasteiger partial charge in [-0.15, -0.1) is 10.2 Å². The maximum Gasteiger partial charge on any atom is 0.230 e. The minimum absolute atomic E-state index is 0.548. The molecule has 2 atom stereocenters. The normalized spacial score (nSPS) is 26.4. The van der Waals surface area contributed by atoms with E-state index in [-0.39, 0.29) is 0 Å². The predicted molar refractivity (Wildman–Crippen MR) is 104 cm³/mol. The van der Waals surface area contributed by atoms with Crippen LogP contribution in [0.25, 0.3) is 0 Å². The Bertz CT molecular complexity index is 742. The molecule has 5 heteroatoms. The van der Waals surface area contributed by atoms with Crippen molar-refractivity contribution in [1.29, 1.82) is 0 Å². The topological polar surface area (TPSA) is 45.4 Å². The largest absolute Gasteiger partial charge is 0.424 e. The summed E-state index contributed by atoms with van der Waals surface area (Å²) in [6, 6.07) is 11.5. The number of fused-ring (bicyclic) bond motifs is 4. The standard InChI is InChI=1S/C22H30N4O/c1-2-5-17(6-3-1)7-4-12-25-13-18-8-11-20(15-25)26(14-18)16-21-23-24-22(27-21)19-9-10-19/h1-3,5-6,18-20H,4,7-16H2/t18-,20+/m0/s1. The fourth-order valence-corrected chi connectivity index (χ4v) is 4.80. The molecule has 1 aromatic carbocycles. The Morgan fingerprint density at radius 2 is 1.85 bits per heavy atom. The van der Waals surface area contributed by atoms with Crippen molar-refractivity contribution in [3.8, 4) is 0 Å². The summed E-state index contributed by atoms with van der Waals surface area (Å²) in [6.45, 7) is 5.66. The second-order valence-corrected chi connectivity index (χ2v) is 8.68. The lowest BCUT2D eigenvalue weighted by molar-refractivity contribution is 0.112. The van der Waals surface area contributed by atoms with E-state index >= 15 is 0 Å². The van der Waals surface area contributed by atoms with Crippen molar-refractivity contribution < 1.29 is 4.42 Å². The molecule has 6 rings (SSSR count). The van der Waals surface area contributed by atoms with Gasteiger partial charge < -0.3 is 9.32 Å². The highest BCUT2D eigenvalue weighted by atomic mass is 16.4. The molecule has 4 aliphatic rings. The Kier molecular flexibility index (Phi) is 4.97. The van der Waals surface area contributed by atoms with E-state index in [4.69, 9.17) is 4.42 Å². The van der Waals surface area contributed by atoms with Crippen LogP contribution >= 0.6 is 0 Å². The van der Waals surface area contributed by atoms with Gasteiger partial charge in [0.15, 0.2) is 0 Å². The molecular weight excluding hydrogens is 336 g/mol. The predicted octanol–water partition coefficient (Wildman–Crippen LogP) is 3.48. The van der Waals surface area contributed by atoms with E-state index in [1.54, 1.807) is 0 Å². The summed E-state index contributed by atoms with van der Waals surface area (Å²) in [4.78, 5) is 5.31. The van der Waals surface area contributed by atoms with E-state index in [1.165, 1.54) is 70.3 Å². The average molecular weight is 367 g/mol. The monoisotopic (exact) mass is 366 g/mol. The lowest BCUT2D eigenvalue weighted by Crippen LogP contribution is -2.43. The van der Waals surface area contributed by atoms with Gasteiger partial charge in [-0.05, 0) is 56.6 Å². The van der Waals surface area contributed by atoms with Crippen molar-refractivity contribution in [2.45, 2.75) is 57.0 Å². The molecule has 0 N–H and O–H groups in total. The van der Waals surface area contributed by atoms with E-state index in [0.29, 0.717) is 12.0 Å². The van der Waals surface area contributed by atoms with E-state index in [0.717, 1.165) is 24.2 Å². The van der Waals surface area contributed by atoms with E-state index in [1.807, 2.05) is 0 Å². The number of hydrogen-bond acceptors (Lipinski definition) is 5. The molecule has 27 heavy (non-hydrogen) atoms.